The van der Waals surface area contributed by atoms with Crippen LogP contribution in [-0.2, 0) is 16.0 Å². The Morgan fingerprint density at radius 3 is 2.40 bits per heavy atom. The number of nitrogens with one attached hydrogen (secondary N) is 1. The van der Waals surface area contributed by atoms with E-state index in [0.717, 1.165) is 43.4 Å². The van der Waals surface area contributed by atoms with E-state index in [2.05, 4.69) is 12.2 Å². The molecule has 2 fully saturated rings. The van der Waals surface area contributed by atoms with E-state index >= 15 is 0 Å². The fourth-order valence-electron chi connectivity index (χ4n) is 4.52. The van der Waals surface area contributed by atoms with Crippen LogP contribution in [0.4, 0.5) is 5.69 Å². The maximum Gasteiger partial charge on any atom is 0.251 e. The largest absolute Gasteiger partial charge is 0.351 e. The molecule has 0 aromatic heterocycles. The van der Waals surface area contributed by atoms with Crippen LogP contribution in [0.3, 0.4) is 0 Å². The highest BCUT2D eigenvalue weighted by atomic mass is 16.2. The molecule has 1 saturated carbocycles. The number of rotatable bonds is 6. The van der Waals surface area contributed by atoms with E-state index in [1.165, 1.54) is 12.0 Å². The van der Waals surface area contributed by atoms with Gasteiger partial charge >= 0.3 is 0 Å². The smallest absolute Gasteiger partial charge is 0.251 e. The van der Waals surface area contributed by atoms with Crippen molar-refractivity contribution in [1.29, 1.82) is 0 Å². The van der Waals surface area contributed by atoms with Crippen LogP contribution in [-0.4, -0.2) is 23.4 Å². The first-order valence-corrected chi connectivity index (χ1v) is 11.1. The zero-order valence-corrected chi connectivity index (χ0v) is 17.6. The third kappa shape index (κ3) is 4.04. The number of hydrogen-bond acceptors (Lipinski definition) is 2. The van der Waals surface area contributed by atoms with Crippen molar-refractivity contribution in [3.05, 3.63) is 71.8 Å². The molecular formula is C26H30N2O2. The zero-order valence-electron chi connectivity index (χ0n) is 17.6. The first-order valence-electron chi connectivity index (χ1n) is 11.1. The van der Waals surface area contributed by atoms with E-state index in [1.54, 1.807) is 4.90 Å². The highest BCUT2D eigenvalue weighted by Gasteiger charge is 2.55. The third-order valence-electron chi connectivity index (χ3n) is 6.36. The number of β-lactam (4-membered cyclic amide) rings is 1. The van der Waals surface area contributed by atoms with E-state index in [0.29, 0.717) is 0 Å². The fraction of sp³-hybridized carbons (Fsp3) is 0.385. The van der Waals surface area contributed by atoms with Crippen molar-refractivity contribution in [2.24, 2.45) is 0 Å². The Morgan fingerprint density at radius 1 is 1.07 bits per heavy atom. The Balaban J connectivity index is 1.66. The van der Waals surface area contributed by atoms with Gasteiger partial charge in [-0.2, -0.15) is 0 Å². The van der Waals surface area contributed by atoms with Crippen LogP contribution in [0.2, 0.25) is 0 Å². The second-order valence-electron chi connectivity index (χ2n) is 8.40. The maximum absolute atomic E-state index is 13.5. The van der Waals surface area contributed by atoms with E-state index in [4.69, 9.17) is 0 Å². The molecule has 2 aliphatic rings. The van der Waals surface area contributed by atoms with Gasteiger partial charge in [-0.3, -0.25) is 14.5 Å². The van der Waals surface area contributed by atoms with Crippen molar-refractivity contribution in [1.82, 2.24) is 5.32 Å². The normalized spacial score (nSPS) is 22.2. The number of carbonyl (C=O) groups is 2. The van der Waals surface area contributed by atoms with E-state index in [-0.39, 0.29) is 24.3 Å². The summed E-state index contributed by atoms with van der Waals surface area (Å²) in [6.45, 7) is 2.11. The lowest BCUT2D eigenvalue weighted by atomic mass is 9.80. The van der Waals surface area contributed by atoms with Crippen molar-refractivity contribution in [2.45, 2.75) is 63.5 Å². The van der Waals surface area contributed by atoms with Crippen molar-refractivity contribution in [2.75, 3.05) is 4.90 Å². The summed E-state index contributed by atoms with van der Waals surface area (Å²) in [6, 6.07) is 18.1. The first-order chi connectivity index (χ1) is 14.6. The first kappa shape index (κ1) is 20.4. The van der Waals surface area contributed by atoms with Crippen LogP contribution in [0.1, 0.15) is 56.6 Å². The molecule has 0 spiro atoms. The molecule has 4 rings (SSSR count). The average molecular weight is 403 g/mol. The minimum absolute atomic E-state index is 0.0178. The lowest BCUT2D eigenvalue weighted by Gasteiger charge is -2.49. The lowest BCUT2D eigenvalue weighted by Crippen LogP contribution is -2.70. The van der Waals surface area contributed by atoms with Gasteiger partial charge in [0.25, 0.3) is 5.91 Å². The van der Waals surface area contributed by atoms with Crippen molar-refractivity contribution < 1.29 is 9.59 Å². The molecule has 1 unspecified atom stereocenters. The zero-order chi connectivity index (χ0) is 21.0. The predicted molar refractivity (Wildman–Crippen MR) is 121 cm³/mol. The Bertz CT molecular complexity index is 914. The molecule has 1 aliphatic carbocycles. The van der Waals surface area contributed by atoms with Gasteiger partial charge in [0, 0.05) is 11.7 Å². The molecule has 4 heteroatoms. The summed E-state index contributed by atoms with van der Waals surface area (Å²) >= 11 is 0. The van der Waals surface area contributed by atoms with Crippen LogP contribution in [0.15, 0.2) is 60.7 Å². The summed E-state index contributed by atoms with van der Waals surface area (Å²) in [5, 5.41) is 3.26. The van der Waals surface area contributed by atoms with E-state index < -0.39 is 5.54 Å². The molecule has 2 aromatic rings. The number of aryl methyl sites for hydroxylation is 1. The summed E-state index contributed by atoms with van der Waals surface area (Å²) in [6.07, 6.45) is 10.6. The van der Waals surface area contributed by atoms with E-state index in [1.807, 2.05) is 66.7 Å². The minimum atomic E-state index is -0.974. The molecule has 0 radical (unpaired) electrons. The van der Waals surface area contributed by atoms with Gasteiger partial charge in [-0.15, -0.1) is 0 Å². The molecule has 2 amide bonds. The van der Waals surface area contributed by atoms with Gasteiger partial charge in [0.2, 0.25) is 5.91 Å². The summed E-state index contributed by atoms with van der Waals surface area (Å²) in [7, 11) is 0. The topological polar surface area (TPSA) is 49.4 Å². The van der Waals surface area contributed by atoms with Gasteiger partial charge in [-0.05, 0) is 48.6 Å². The summed E-state index contributed by atoms with van der Waals surface area (Å²) in [4.78, 5) is 27.9. The summed E-state index contributed by atoms with van der Waals surface area (Å²) in [5.41, 5.74) is 2.03. The molecule has 0 bridgehead atoms. The predicted octanol–water partition coefficient (Wildman–Crippen LogP) is 4.89. The van der Waals surface area contributed by atoms with Crippen LogP contribution < -0.4 is 10.2 Å². The van der Waals surface area contributed by atoms with Crippen LogP contribution in [0.25, 0.3) is 6.08 Å². The van der Waals surface area contributed by atoms with Crippen molar-refractivity contribution >= 4 is 23.6 Å². The molecular weight excluding hydrogens is 372 g/mol. The van der Waals surface area contributed by atoms with Crippen LogP contribution in [0.5, 0.6) is 0 Å². The summed E-state index contributed by atoms with van der Waals surface area (Å²) in [5.74, 6) is -0.0866. The quantitative estimate of drug-likeness (QED) is 0.700. The van der Waals surface area contributed by atoms with E-state index in [9.17, 15) is 9.59 Å². The van der Waals surface area contributed by atoms with Gasteiger partial charge in [0.1, 0.15) is 0 Å². The highest BCUT2D eigenvalue weighted by Crippen LogP contribution is 2.39. The number of benzene rings is 2. The molecule has 30 heavy (non-hydrogen) atoms. The standard InChI is InChI=1S/C26H30N2O2/c1-2-20-13-15-23(16-14-20)28-24(29)19-26(28,18-17-21-9-5-3-6-10-21)25(30)27-22-11-7-4-8-12-22/h3,5-6,9-10,13-18,22H,2,4,7-8,11-12,19H2,1H3,(H,27,30)/b18-17+. The van der Waals surface area contributed by atoms with Crippen molar-refractivity contribution in [3.63, 3.8) is 0 Å². The van der Waals surface area contributed by atoms with Gasteiger partial charge in [0.05, 0.1) is 6.42 Å². The molecule has 1 saturated heterocycles. The monoisotopic (exact) mass is 402 g/mol. The van der Waals surface area contributed by atoms with Gasteiger partial charge in [0.15, 0.2) is 5.54 Å². The molecule has 1 heterocycles. The Hall–Kier alpha value is -2.88. The summed E-state index contributed by atoms with van der Waals surface area (Å²) < 4.78 is 0. The number of hydrogen-bond donors (Lipinski definition) is 1. The Morgan fingerprint density at radius 2 is 1.77 bits per heavy atom. The Labute approximate surface area is 179 Å². The lowest BCUT2D eigenvalue weighted by molar-refractivity contribution is -0.137. The molecule has 4 nitrogen and oxygen atoms in total. The minimum Gasteiger partial charge on any atom is -0.351 e. The number of amides is 2. The number of nitrogens with zero attached hydrogens (tertiary/aromatic N) is 1. The molecule has 156 valence electrons. The third-order valence-corrected chi connectivity index (χ3v) is 6.36. The number of carbonyl (C=O) groups excluding carboxylic acids is 2. The number of anilines is 1. The molecule has 1 atom stereocenters. The van der Waals surface area contributed by atoms with Gasteiger partial charge < -0.3 is 5.32 Å². The molecule has 2 aromatic carbocycles. The fourth-order valence-corrected chi connectivity index (χ4v) is 4.52. The second-order valence-corrected chi connectivity index (χ2v) is 8.40. The molecule has 1 N–H and O–H groups in total. The van der Waals surface area contributed by atoms with Crippen LogP contribution >= 0.6 is 0 Å². The van der Waals surface area contributed by atoms with Gasteiger partial charge in [-0.25, -0.2) is 0 Å². The maximum atomic E-state index is 13.5. The Kier molecular flexibility index (Phi) is 6.03. The van der Waals surface area contributed by atoms with Crippen LogP contribution in [0, 0.1) is 0 Å². The molecule has 1 aliphatic heterocycles. The highest BCUT2D eigenvalue weighted by molar-refractivity contribution is 6.15. The van der Waals surface area contributed by atoms with Gasteiger partial charge in [-0.1, -0.05) is 74.7 Å². The van der Waals surface area contributed by atoms with Crippen molar-refractivity contribution in [3.8, 4) is 0 Å². The SMILES string of the molecule is CCc1ccc(N2C(=O)CC2(/C=C/c2ccccc2)C(=O)NC2CCCCC2)cc1. The average Bonchev–Trinajstić information content (AvgIpc) is 2.78. The second kappa shape index (κ2) is 8.86.